The molecule has 2 N–H and O–H groups in total. The summed E-state index contributed by atoms with van der Waals surface area (Å²) < 4.78 is 0. The van der Waals surface area contributed by atoms with E-state index in [4.69, 9.17) is 5.73 Å². The van der Waals surface area contributed by atoms with E-state index < -0.39 is 0 Å². The standard InChI is InChI=1S/C18H21N3/c1-12-7-9-15(10-8-12)21-17(11-20-18(21)19)16-6-4-5-13(2)14(16)3/h4-10,17H,11H2,1-3H3,(H2,19,20). The molecular weight excluding hydrogens is 258 g/mol. The minimum atomic E-state index is 0.188. The maximum atomic E-state index is 6.14. The molecule has 3 nitrogen and oxygen atoms in total. The van der Waals surface area contributed by atoms with Crippen LogP contribution in [0.4, 0.5) is 5.69 Å². The maximum absolute atomic E-state index is 6.14. The van der Waals surface area contributed by atoms with Crippen molar-refractivity contribution in [2.75, 3.05) is 11.4 Å². The molecule has 0 saturated heterocycles. The van der Waals surface area contributed by atoms with Crippen molar-refractivity contribution in [3.63, 3.8) is 0 Å². The lowest BCUT2D eigenvalue weighted by atomic mass is 9.96. The Kier molecular flexibility index (Phi) is 3.42. The van der Waals surface area contributed by atoms with Gasteiger partial charge in [0.25, 0.3) is 0 Å². The van der Waals surface area contributed by atoms with Gasteiger partial charge in [-0.2, -0.15) is 0 Å². The number of nitrogens with zero attached hydrogens (tertiary/aromatic N) is 2. The van der Waals surface area contributed by atoms with E-state index in [9.17, 15) is 0 Å². The van der Waals surface area contributed by atoms with Gasteiger partial charge in [-0.1, -0.05) is 35.9 Å². The molecule has 0 spiro atoms. The second-order valence-corrected chi connectivity index (χ2v) is 5.71. The highest BCUT2D eigenvalue weighted by Gasteiger charge is 2.29. The smallest absolute Gasteiger partial charge is 0.196 e. The van der Waals surface area contributed by atoms with Crippen LogP contribution in [0.1, 0.15) is 28.3 Å². The number of rotatable bonds is 2. The van der Waals surface area contributed by atoms with Gasteiger partial charge in [-0.05, 0) is 49.6 Å². The van der Waals surface area contributed by atoms with Gasteiger partial charge < -0.3 is 10.6 Å². The van der Waals surface area contributed by atoms with E-state index in [2.05, 4.69) is 73.1 Å². The molecule has 1 heterocycles. The highest BCUT2D eigenvalue weighted by atomic mass is 15.3. The fourth-order valence-corrected chi connectivity index (χ4v) is 2.89. The summed E-state index contributed by atoms with van der Waals surface area (Å²) >= 11 is 0. The summed E-state index contributed by atoms with van der Waals surface area (Å²) in [4.78, 5) is 6.61. The number of hydrogen-bond donors (Lipinski definition) is 1. The highest BCUT2D eigenvalue weighted by molar-refractivity contribution is 5.97. The number of benzene rings is 2. The van der Waals surface area contributed by atoms with Gasteiger partial charge in [0, 0.05) is 5.69 Å². The Morgan fingerprint density at radius 2 is 1.76 bits per heavy atom. The van der Waals surface area contributed by atoms with Crippen molar-refractivity contribution in [3.8, 4) is 0 Å². The number of anilines is 1. The van der Waals surface area contributed by atoms with E-state index in [-0.39, 0.29) is 6.04 Å². The summed E-state index contributed by atoms with van der Waals surface area (Å²) in [5.41, 5.74) is 12.4. The molecule has 1 aliphatic heterocycles. The summed E-state index contributed by atoms with van der Waals surface area (Å²) in [6, 6.07) is 15.1. The van der Waals surface area contributed by atoms with Crippen molar-refractivity contribution in [2.45, 2.75) is 26.8 Å². The fourth-order valence-electron chi connectivity index (χ4n) is 2.89. The number of hydrogen-bond acceptors (Lipinski definition) is 3. The third kappa shape index (κ3) is 2.40. The first-order chi connectivity index (χ1) is 10.1. The summed E-state index contributed by atoms with van der Waals surface area (Å²) in [5.74, 6) is 0.602. The lowest BCUT2D eigenvalue weighted by Gasteiger charge is -2.28. The van der Waals surface area contributed by atoms with Crippen LogP contribution in [-0.2, 0) is 0 Å². The van der Waals surface area contributed by atoms with Gasteiger partial charge in [0.2, 0.25) is 0 Å². The summed E-state index contributed by atoms with van der Waals surface area (Å²) in [6.07, 6.45) is 0. The molecule has 108 valence electrons. The van der Waals surface area contributed by atoms with Gasteiger partial charge in [-0.15, -0.1) is 0 Å². The van der Waals surface area contributed by atoms with Crippen LogP contribution in [0.15, 0.2) is 47.5 Å². The van der Waals surface area contributed by atoms with Crippen LogP contribution in [0.3, 0.4) is 0 Å². The largest absolute Gasteiger partial charge is 0.369 e. The molecule has 1 atom stereocenters. The third-order valence-electron chi connectivity index (χ3n) is 4.30. The predicted octanol–water partition coefficient (Wildman–Crippen LogP) is 3.49. The van der Waals surface area contributed by atoms with Crippen LogP contribution in [0.2, 0.25) is 0 Å². The average Bonchev–Trinajstić information content (AvgIpc) is 2.85. The zero-order chi connectivity index (χ0) is 15.0. The quantitative estimate of drug-likeness (QED) is 0.914. The minimum absolute atomic E-state index is 0.188. The van der Waals surface area contributed by atoms with Gasteiger partial charge >= 0.3 is 0 Å². The summed E-state index contributed by atoms with van der Waals surface area (Å²) in [7, 11) is 0. The number of aryl methyl sites for hydroxylation is 2. The predicted molar refractivity (Wildman–Crippen MR) is 88.8 cm³/mol. The molecule has 1 aliphatic rings. The minimum Gasteiger partial charge on any atom is -0.369 e. The number of aliphatic imine (C=N–C) groups is 1. The van der Waals surface area contributed by atoms with E-state index in [1.165, 1.54) is 22.3 Å². The van der Waals surface area contributed by atoms with Gasteiger partial charge in [0.1, 0.15) is 0 Å². The molecule has 2 aromatic rings. The van der Waals surface area contributed by atoms with Gasteiger partial charge in [-0.3, -0.25) is 4.99 Å². The van der Waals surface area contributed by atoms with Crippen molar-refractivity contribution in [3.05, 3.63) is 64.7 Å². The van der Waals surface area contributed by atoms with Crippen molar-refractivity contribution in [2.24, 2.45) is 10.7 Å². The average molecular weight is 279 g/mol. The van der Waals surface area contributed by atoms with E-state index in [0.717, 1.165) is 5.69 Å². The lowest BCUT2D eigenvalue weighted by Crippen LogP contribution is -2.36. The van der Waals surface area contributed by atoms with E-state index in [1.807, 2.05) is 0 Å². The van der Waals surface area contributed by atoms with Crippen molar-refractivity contribution in [1.82, 2.24) is 0 Å². The third-order valence-corrected chi connectivity index (χ3v) is 4.30. The fraction of sp³-hybridized carbons (Fsp3) is 0.278. The Morgan fingerprint density at radius 3 is 2.48 bits per heavy atom. The van der Waals surface area contributed by atoms with Crippen LogP contribution >= 0.6 is 0 Å². The van der Waals surface area contributed by atoms with Crippen molar-refractivity contribution < 1.29 is 0 Å². The zero-order valence-corrected chi connectivity index (χ0v) is 12.8. The van der Waals surface area contributed by atoms with Crippen LogP contribution in [0.25, 0.3) is 0 Å². The lowest BCUT2D eigenvalue weighted by molar-refractivity contribution is 0.761. The second kappa shape index (κ2) is 5.24. The Bertz CT molecular complexity index is 686. The number of nitrogens with two attached hydrogens (primary N) is 1. The molecule has 21 heavy (non-hydrogen) atoms. The molecule has 0 bridgehead atoms. The summed E-state index contributed by atoms with van der Waals surface area (Å²) in [6.45, 7) is 7.12. The zero-order valence-electron chi connectivity index (χ0n) is 12.8. The highest BCUT2D eigenvalue weighted by Crippen LogP contribution is 2.33. The SMILES string of the molecule is Cc1ccc(N2C(N)=NCC2c2cccc(C)c2C)cc1. The normalized spacial score (nSPS) is 18.0. The molecule has 0 radical (unpaired) electrons. The second-order valence-electron chi connectivity index (χ2n) is 5.71. The molecule has 3 heteroatoms. The van der Waals surface area contributed by atoms with Crippen LogP contribution in [-0.4, -0.2) is 12.5 Å². The first-order valence-corrected chi connectivity index (χ1v) is 7.30. The summed E-state index contributed by atoms with van der Waals surface area (Å²) in [5, 5.41) is 0. The molecule has 0 amide bonds. The molecule has 0 aliphatic carbocycles. The molecule has 0 saturated carbocycles. The van der Waals surface area contributed by atoms with E-state index >= 15 is 0 Å². The first kappa shape index (κ1) is 13.7. The number of guanidine groups is 1. The van der Waals surface area contributed by atoms with Gasteiger partial charge in [0.15, 0.2) is 5.96 Å². The molecule has 2 aromatic carbocycles. The van der Waals surface area contributed by atoms with Crippen LogP contribution in [0, 0.1) is 20.8 Å². The monoisotopic (exact) mass is 279 g/mol. The molecule has 0 fully saturated rings. The van der Waals surface area contributed by atoms with E-state index in [1.54, 1.807) is 0 Å². The molecular formula is C18H21N3. The first-order valence-electron chi connectivity index (χ1n) is 7.30. The van der Waals surface area contributed by atoms with Crippen LogP contribution < -0.4 is 10.6 Å². The Balaban J connectivity index is 2.03. The van der Waals surface area contributed by atoms with Gasteiger partial charge in [0.05, 0.1) is 12.6 Å². The van der Waals surface area contributed by atoms with E-state index in [0.29, 0.717) is 12.5 Å². The maximum Gasteiger partial charge on any atom is 0.196 e. The van der Waals surface area contributed by atoms with Crippen LogP contribution in [0.5, 0.6) is 0 Å². The molecule has 0 aromatic heterocycles. The molecule has 3 rings (SSSR count). The van der Waals surface area contributed by atoms with Crippen molar-refractivity contribution >= 4 is 11.6 Å². The Labute approximate surface area is 126 Å². The molecule has 1 unspecified atom stereocenters. The Hall–Kier alpha value is -2.29. The van der Waals surface area contributed by atoms with Crippen molar-refractivity contribution in [1.29, 1.82) is 0 Å². The van der Waals surface area contributed by atoms with Gasteiger partial charge in [-0.25, -0.2) is 0 Å². The topological polar surface area (TPSA) is 41.6 Å². The Morgan fingerprint density at radius 1 is 1.05 bits per heavy atom.